The maximum absolute atomic E-state index is 12.3. The van der Waals surface area contributed by atoms with Crippen molar-refractivity contribution in [3.63, 3.8) is 0 Å². The van der Waals surface area contributed by atoms with Crippen molar-refractivity contribution in [1.82, 2.24) is 5.32 Å². The summed E-state index contributed by atoms with van der Waals surface area (Å²) in [6.45, 7) is 1.02. The molecule has 1 aliphatic carbocycles. The van der Waals surface area contributed by atoms with Gasteiger partial charge in [-0.15, -0.1) is 0 Å². The second kappa shape index (κ2) is 3.37. The highest BCUT2D eigenvalue weighted by Gasteiger charge is 2.32. The summed E-state index contributed by atoms with van der Waals surface area (Å²) in [5.41, 5.74) is 0. The molecule has 0 aromatic heterocycles. The Hall–Kier alpha value is -0.670. The van der Waals surface area contributed by atoms with Gasteiger partial charge in [-0.3, -0.25) is 4.79 Å². The molecule has 0 unspecified atom stereocenters. The van der Waals surface area contributed by atoms with E-state index in [9.17, 15) is 13.6 Å². The zero-order chi connectivity index (χ0) is 9.19. The van der Waals surface area contributed by atoms with Gasteiger partial charge in [0.2, 0.25) is 0 Å². The van der Waals surface area contributed by atoms with Crippen LogP contribution < -0.4 is 5.32 Å². The lowest BCUT2D eigenvalue weighted by Gasteiger charge is -2.25. The maximum Gasteiger partial charge on any atom is 0.321 e. The first kappa shape index (κ1) is 9.42. The fourth-order valence-corrected chi connectivity index (χ4v) is 1.09. The van der Waals surface area contributed by atoms with Gasteiger partial charge in [-0.05, 0) is 18.8 Å². The maximum atomic E-state index is 12.3. The average Bonchev–Trinajstić information content (AvgIpc) is 1.81. The Kier molecular flexibility index (Phi) is 2.65. The lowest BCUT2D eigenvalue weighted by Crippen LogP contribution is -2.41. The molecule has 70 valence electrons. The summed E-state index contributed by atoms with van der Waals surface area (Å²) >= 11 is 0. The Morgan fingerprint density at radius 2 is 2.17 bits per heavy atom. The topological polar surface area (TPSA) is 29.1 Å². The van der Waals surface area contributed by atoms with E-state index in [2.05, 4.69) is 5.32 Å². The van der Waals surface area contributed by atoms with E-state index in [1.54, 1.807) is 0 Å². The van der Waals surface area contributed by atoms with Gasteiger partial charge < -0.3 is 5.32 Å². The number of hydrogen-bond acceptors (Lipinski definition) is 1. The third-order valence-electron chi connectivity index (χ3n) is 2.17. The summed E-state index contributed by atoms with van der Waals surface area (Å²) in [5.74, 6) is -3.96. The number of hydrogen-bond donors (Lipinski definition) is 1. The van der Waals surface area contributed by atoms with E-state index in [1.165, 1.54) is 0 Å². The minimum Gasteiger partial charge on any atom is -0.351 e. The van der Waals surface area contributed by atoms with Crippen LogP contribution in [0.15, 0.2) is 0 Å². The summed E-state index contributed by atoms with van der Waals surface area (Å²) in [6, 6.07) is 0. The van der Waals surface area contributed by atoms with E-state index in [4.69, 9.17) is 0 Å². The molecule has 0 spiro atoms. The van der Waals surface area contributed by atoms with Gasteiger partial charge in [0.25, 0.3) is 5.91 Å². The summed E-state index contributed by atoms with van der Waals surface area (Å²) < 4.78 is 24.6. The van der Waals surface area contributed by atoms with Crippen molar-refractivity contribution < 1.29 is 13.6 Å². The number of carbonyl (C=O) groups excluding carboxylic acids is 1. The van der Waals surface area contributed by atoms with E-state index in [0.29, 0.717) is 19.4 Å². The molecule has 12 heavy (non-hydrogen) atoms. The molecule has 1 amide bonds. The predicted octanol–water partition coefficient (Wildman–Crippen LogP) is 1.56. The monoisotopic (exact) mass is 177 g/mol. The second-order valence-electron chi connectivity index (χ2n) is 3.40. The van der Waals surface area contributed by atoms with E-state index in [0.717, 1.165) is 19.3 Å². The highest BCUT2D eigenvalue weighted by Crippen LogP contribution is 2.25. The standard InChI is InChI=1S/C8H13F2NO/c1-8(9,10)7(12)11-5-6-3-2-4-6/h6H,2-5H2,1H3,(H,11,12). The molecule has 0 aromatic rings. The third kappa shape index (κ3) is 2.43. The molecule has 1 rings (SSSR count). The number of amides is 1. The van der Waals surface area contributed by atoms with Crippen molar-refractivity contribution in [1.29, 1.82) is 0 Å². The van der Waals surface area contributed by atoms with Crippen LogP contribution in [0.4, 0.5) is 8.78 Å². The lowest BCUT2D eigenvalue weighted by molar-refractivity contribution is -0.143. The average molecular weight is 177 g/mol. The Balaban J connectivity index is 2.17. The van der Waals surface area contributed by atoms with Crippen LogP contribution >= 0.6 is 0 Å². The number of rotatable bonds is 3. The number of carbonyl (C=O) groups is 1. The van der Waals surface area contributed by atoms with Crippen LogP contribution in [0.25, 0.3) is 0 Å². The fraction of sp³-hybridized carbons (Fsp3) is 0.875. The van der Waals surface area contributed by atoms with Gasteiger partial charge in [0, 0.05) is 13.5 Å². The summed E-state index contributed by atoms with van der Waals surface area (Å²) in [7, 11) is 0. The molecule has 0 aromatic carbocycles. The van der Waals surface area contributed by atoms with Crippen LogP contribution in [0.3, 0.4) is 0 Å². The molecule has 0 atom stereocenters. The number of nitrogens with one attached hydrogen (secondary N) is 1. The summed E-state index contributed by atoms with van der Waals surface area (Å²) in [5, 5.41) is 2.24. The SMILES string of the molecule is CC(F)(F)C(=O)NCC1CCC1. The first-order valence-electron chi connectivity index (χ1n) is 4.16. The molecule has 0 heterocycles. The Morgan fingerprint density at radius 3 is 2.50 bits per heavy atom. The second-order valence-corrected chi connectivity index (χ2v) is 3.40. The minimum atomic E-state index is -3.23. The molecule has 1 aliphatic rings. The molecule has 0 bridgehead atoms. The Morgan fingerprint density at radius 1 is 1.58 bits per heavy atom. The van der Waals surface area contributed by atoms with Crippen LogP contribution in [0, 0.1) is 5.92 Å². The van der Waals surface area contributed by atoms with Crippen molar-refractivity contribution >= 4 is 5.91 Å². The van der Waals surface area contributed by atoms with Crippen LogP contribution in [0.5, 0.6) is 0 Å². The zero-order valence-corrected chi connectivity index (χ0v) is 7.07. The molecule has 1 fully saturated rings. The van der Waals surface area contributed by atoms with Crippen molar-refractivity contribution in [2.24, 2.45) is 5.92 Å². The lowest BCUT2D eigenvalue weighted by atomic mass is 9.85. The molecule has 2 nitrogen and oxygen atoms in total. The van der Waals surface area contributed by atoms with Crippen LogP contribution in [-0.2, 0) is 4.79 Å². The molecule has 0 aliphatic heterocycles. The van der Waals surface area contributed by atoms with E-state index >= 15 is 0 Å². The third-order valence-corrected chi connectivity index (χ3v) is 2.17. The van der Waals surface area contributed by atoms with E-state index in [1.807, 2.05) is 0 Å². The van der Waals surface area contributed by atoms with Crippen molar-refractivity contribution in [3.8, 4) is 0 Å². The largest absolute Gasteiger partial charge is 0.351 e. The van der Waals surface area contributed by atoms with Gasteiger partial charge in [0.15, 0.2) is 0 Å². The van der Waals surface area contributed by atoms with Gasteiger partial charge in [-0.1, -0.05) is 6.42 Å². The smallest absolute Gasteiger partial charge is 0.321 e. The molecule has 1 saturated carbocycles. The number of halogens is 2. The van der Waals surface area contributed by atoms with Crippen LogP contribution in [0.2, 0.25) is 0 Å². The van der Waals surface area contributed by atoms with Gasteiger partial charge in [-0.25, -0.2) is 0 Å². The van der Waals surface area contributed by atoms with Crippen molar-refractivity contribution in [3.05, 3.63) is 0 Å². The highest BCUT2D eigenvalue weighted by molar-refractivity contribution is 5.82. The van der Waals surface area contributed by atoms with Gasteiger partial charge in [0.1, 0.15) is 0 Å². The minimum absolute atomic E-state index is 0.405. The first-order valence-corrected chi connectivity index (χ1v) is 4.16. The highest BCUT2D eigenvalue weighted by atomic mass is 19.3. The summed E-state index contributed by atoms with van der Waals surface area (Å²) in [4.78, 5) is 10.6. The normalized spacial score (nSPS) is 18.6. The van der Waals surface area contributed by atoms with Crippen molar-refractivity contribution in [2.75, 3.05) is 6.54 Å². The Labute approximate surface area is 70.3 Å². The quantitative estimate of drug-likeness (QED) is 0.696. The predicted molar refractivity (Wildman–Crippen MR) is 41.0 cm³/mol. The van der Waals surface area contributed by atoms with E-state index < -0.39 is 11.8 Å². The van der Waals surface area contributed by atoms with Gasteiger partial charge >= 0.3 is 5.92 Å². The van der Waals surface area contributed by atoms with Gasteiger partial charge in [0.05, 0.1) is 0 Å². The molecule has 4 heteroatoms. The van der Waals surface area contributed by atoms with Crippen LogP contribution in [-0.4, -0.2) is 18.4 Å². The number of alkyl halides is 2. The summed E-state index contributed by atoms with van der Waals surface area (Å²) in [6.07, 6.45) is 3.26. The molecule has 0 saturated heterocycles. The van der Waals surface area contributed by atoms with Crippen molar-refractivity contribution in [2.45, 2.75) is 32.1 Å². The fourth-order valence-electron chi connectivity index (χ4n) is 1.09. The first-order chi connectivity index (χ1) is 5.50. The molecular weight excluding hydrogens is 164 g/mol. The molecule has 0 radical (unpaired) electrons. The van der Waals surface area contributed by atoms with Crippen LogP contribution in [0.1, 0.15) is 26.2 Å². The van der Waals surface area contributed by atoms with E-state index in [-0.39, 0.29) is 0 Å². The molecular formula is C8H13F2NO. The Bertz CT molecular complexity index is 172. The van der Waals surface area contributed by atoms with Gasteiger partial charge in [-0.2, -0.15) is 8.78 Å². The zero-order valence-electron chi connectivity index (χ0n) is 7.07. The molecule has 1 N–H and O–H groups in total.